The lowest BCUT2D eigenvalue weighted by atomic mass is 9.85. The Morgan fingerprint density at radius 3 is 2.82 bits per heavy atom. The van der Waals surface area contributed by atoms with Crippen molar-refractivity contribution in [2.45, 2.75) is 38.6 Å². The summed E-state index contributed by atoms with van der Waals surface area (Å²) >= 11 is 0. The van der Waals surface area contributed by atoms with Gasteiger partial charge in [0.05, 0.1) is 12.0 Å². The highest BCUT2D eigenvalue weighted by molar-refractivity contribution is 5.51. The Morgan fingerprint density at radius 1 is 1.35 bits per heavy atom. The van der Waals surface area contributed by atoms with Gasteiger partial charge in [-0.25, -0.2) is 4.39 Å². The summed E-state index contributed by atoms with van der Waals surface area (Å²) in [4.78, 5) is 0. The smallest absolute Gasteiger partial charge is 0.123 e. The van der Waals surface area contributed by atoms with Crippen molar-refractivity contribution >= 4 is 5.69 Å². The molecule has 17 heavy (non-hydrogen) atoms. The van der Waals surface area contributed by atoms with E-state index in [2.05, 4.69) is 11.4 Å². The van der Waals surface area contributed by atoms with Gasteiger partial charge < -0.3 is 5.32 Å². The molecule has 90 valence electrons. The number of anilines is 1. The van der Waals surface area contributed by atoms with Crippen LogP contribution in [0.2, 0.25) is 0 Å². The summed E-state index contributed by atoms with van der Waals surface area (Å²) in [7, 11) is 0. The average Bonchev–Trinajstić information content (AvgIpc) is 2.33. The van der Waals surface area contributed by atoms with Crippen molar-refractivity contribution in [1.82, 2.24) is 0 Å². The van der Waals surface area contributed by atoms with E-state index in [0.717, 1.165) is 36.9 Å². The predicted octanol–water partition coefficient (Wildman–Crippen LogP) is 3.63. The minimum absolute atomic E-state index is 0.0770. The Hall–Kier alpha value is -1.56. The first-order valence-corrected chi connectivity index (χ1v) is 6.13. The van der Waals surface area contributed by atoms with E-state index in [0.29, 0.717) is 0 Å². The summed E-state index contributed by atoms with van der Waals surface area (Å²) in [6.45, 7) is 1.88. The van der Waals surface area contributed by atoms with Crippen molar-refractivity contribution < 1.29 is 4.39 Å². The minimum atomic E-state index is -0.214. The molecule has 0 aliphatic heterocycles. The number of nitrogens with one attached hydrogen (secondary N) is 1. The number of nitriles is 1. The zero-order chi connectivity index (χ0) is 12.3. The molecule has 2 atom stereocenters. The fourth-order valence-electron chi connectivity index (χ4n) is 2.45. The van der Waals surface area contributed by atoms with E-state index in [4.69, 9.17) is 5.26 Å². The van der Waals surface area contributed by atoms with Gasteiger partial charge in [0.2, 0.25) is 0 Å². The van der Waals surface area contributed by atoms with Crippen molar-refractivity contribution in [3.05, 3.63) is 29.6 Å². The van der Waals surface area contributed by atoms with Crippen molar-refractivity contribution in [3.8, 4) is 6.07 Å². The van der Waals surface area contributed by atoms with E-state index in [1.165, 1.54) is 12.1 Å². The zero-order valence-electron chi connectivity index (χ0n) is 10.0. The van der Waals surface area contributed by atoms with Crippen LogP contribution < -0.4 is 5.32 Å². The number of halogens is 1. The number of hydrogen-bond acceptors (Lipinski definition) is 2. The molecule has 1 aliphatic rings. The van der Waals surface area contributed by atoms with Crippen LogP contribution in [0.4, 0.5) is 10.1 Å². The lowest BCUT2D eigenvalue weighted by molar-refractivity contribution is 0.388. The first kappa shape index (κ1) is 11.9. The third kappa shape index (κ3) is 2.76. The number of benzene rings is 1. The average molecular weight is 232 g/mol. The summed E-state index contributed by atoms with van der Waals surface area (Å²) in [6, 6.07) is 7.31. The van der Waals surface area contributed by atoms with Crippen LogP contribution in [-0.4, -0.2) is 6.04 Å². The van der Waals surface area contributed by atoms with Gasteiger partial charge in [0.15, 0.2) is 0 Å². The molecule has 3 heteroatoms. The summed E-state index contributed by atoms with van der Waals surface area (Å²) in [5.74, 6) is -0.137. The lowest BCUT2D eigenvalue weighted by Gasteiger charge is -2.29. The van der Waals surface area contributed by atoms with E-state index < -0.39 is 0 Å². The van der Waals surface area contributed by atoms with E-state index in [-0.39, 0.29) is 17.8 Å². The maximum atomic E-state index is 13.0. The highest BCUT2D eigenvalue weighted by Crippen LogP contribution is 2.28. The predicted molar refractivity (Wildman–Crippen MR) is 66.1 cm³/mol. The van der Waals surface area contributed by atoms with Crippen LogP contribution in [0.1, 0.15) is 31.2 Å². The van der Waals surface area contributed by atoms with Gasteiger partial charge in [-0.1, -0.05) is 12.8 Å². The molecule has 0 radical (unpaired) electrons. The van der Waals surface area contributed by atoms with E-state index >= 15 is 0 Å². The zero-order valence-corrected chi connectivity index (χ0v) is 10.0. The van der Waals surface area contributed by atoms with Gasteiger partial charge in [0, 0.05) is 11.7 Å². The Labute approximate surface area is 101 Å². The lowest BCUT2D eigenvalue weighted by Crippen LogP contribution is -2.31. The van der Waals surface area contributed by atoms with Gasteiger partial charge in [-0.05, 0) is 43.5 Å². The Bertz CT molecular complexity index is 436. The summed E-state index contributed by atoms with van der Waals surface area (Å²) in [6.07, 6.45) is 4.29. The molecule has 2 rings (SSSR count). The molecule has 1 N–H and O–H groups in total. The number of rotatable bonds is 2. The molecule has 1 saturated carbocycles. The highest BCUT2D eigenvalue weighted by Gasteiger charge is 2.24. The number of aryl methyl sites for hydroxylation is 1. The highest BCUT2D eigenvalue weighted by atomic mass is 19.1. The molecular formula is C14H17FN2. The normalized spacial score (nSPS) is 24.1. The van der Waals surface area contributed by atoms with E-state index in [9.17, 15) is 4.39 Å². The standard InChI is InChI=1S/C14H17FN2/c1-10-8-12(15)6-7-13(10)17-14-5-3-2-4-11(14)9-16/h6-8,11,14,17H,2-5H2,1H3. The van der Waals surface area contributed by atoms with Crippen LogP contribution in [0.25, 0.3) is 0 Å². The molecule has 0 amide bonds. The Balaban J connectivity index is 2.11. The molecule has 0 bridgehead atoms. The molecule has 0 saturated heterocycles. The van der Waals surface area contributed by atoms with Gasteiger partial charge >= 0.3 is 0 Å². The van der Waals surface area contributed by atoms with E-state index in [1.54, 1.807) is 6.07 Å². The second-order valence-corrected chi connectivity index (χ2v) is 4.73. The molecule has 2 nitrogen and oxygen atoms in total. The van der Waals surface area contributed by atoms with Gasteiger partial charge in [0.25, 0.3) is 0 Å². The molecule has 0 aromatic heterocycles. The topological polar surface area (TPSA) is 35.8 Å². The maximum absolute atomic E-state index is 13.0. The molecule has 2 unspecified atom stereocenters. The molecule has 0 heterocycles. The van der Waals surface area contributed by atoms with Gasteiger partial charge in [-0.3, -0.25) is 0 Å². The largest absolute Gasteiger partial charge is 0.381 e. The summed E-state index contributed by atoms with van der Waals surface area (Å²) in [5, 5.41) is 12.5. The fraction of sp³-hybridized carbons (Fsp3) is 0.500. The van der Waals surface area contributed by atoms with Crippen LogP contribution in [0.3, 0.4) is 0 Å². The van der Waals surface area contributed by atoms with Crippen LogP contribution in [0.15, 0.2) is 18.2 Å². The first-order valence-electron chi connectivity index (χ1n) is 6.13. The quantitative estimate of drug-likeness (QED) is 0.845. The van der Waals surface area contributed by atoms with E-state index in [1.807, 2.05) is 6.92 Å². The number of nitrogens with zero attached hydrogens (tertiary/aromatic N) is 1. The summed E-state index contributed by atoms with van der Waals surface area (Å²) < 4.78 is 13.0. The van der Waals surface area contributed by atoms with Crippen molar-refractivity contribution in [3.63, 3.8) is 0 Å². The van der Waals surface area contributed by atoms with Crippen LogP contribution >= 0.6 is 0 Å². The van der Waals surface area contributed by atoms with Crippen molar-refractivity contribution in [1.29, 1.82) is 5.26 Å². The molecule has 1 fully saturated rings. The van der Waals surface area contributed by atoms with Gasteiger partial charge in [-0.15, -0.1) is 0 Å². The molecule has 0 spiro atoms. The molecule has 1 aliphatic carbocycles. The minimum Gasteiger partial charge on any atom is -0.381 e. The third-order valence-corrected chi connectivity index (χ3v) is 3.46. The van der Waals surface area contributed by atoms with Gasteiger partial charge in [-0.2, -0.15) is 5.26 Å². The maximum Gasteiger partial charge on any atom is 0.123 e. The van der Waals surface area contributed by atoms with Crippen LogP contribution in [-0.2, 0) is 0 Å². The summed E-state index contributed by atoms with van der Waals surface area (Å²) in [5.41, 5.74) is 1.84. The Kier molecular flexibility index (Phi) is 3.63. The van der Waals surface area contributed by atoms with Gasteiger partial charge in [0.1, 0.15) is 5.82 Å². The molecular weight excluding hydrogens is 215 g/mol. The van der Waals surface area contributed by atoms with Crippen molar-refractivity contribution in [2.24, 2.45) is 5.92 Å². The SMILES string of the molecule is Cc1cc(F)ccc1NC1CCCCC1C#N. The monoisotopic (exact) mass is 232 g/mol. The van der Waals surface area contributed by atoms with Crippen LogP contribution in [0, 0.1) is 30.0 Å². The molecule has 1 aromatic rings. The second kappa shape index (κ2) is 5.18. The molecule has 1 aromatic carbocycles. The Morgan fingerprint density at radius 2 is 2.12 bits per heavy atom. The first-order chi connectivity index (χ1) is 8.20. The number of hydrogen-bond donors (Lipinski definition) is 1. The second-order valence-electron chi connectivity index (χ2n) is 4.73. The third-order valence-electron chi connectivity index (χ3n) is 3.46. The fourth-order valence-corrected chi connectivity index (χ4v) is 2.45. The van der Waals surface area contributed by atoms with Crippen molar-refractivity contribution in [2.75, 3.05) is 5.32 Å². The van der Waals surface area contributed by atoms with Crippen LogP contribution in [0.5, 0.6) is 0 Å².